The highest BCUT2D eigenvalue weighted by Crippen LogP contribution is 2.39. The zero-order valence-electron chi connectivity index (χ0n) is 21.9. The van der Waals surface area contributed by atoms with E-state index in [1.54, 1.807) is 28.4 Å². The number of benzene rings is 3. The third-order valence-corrected chi connectivity index (χ3v) is 6.41. The standard InChI is InChI=1S/C30H35NO6/c1-33-26-12-11-21(5-10-24-16-28(34-2)30(36-4)29(17-24)35-3)15-27(26)37-20-23-8-6-22(7-9-23)18-31-14-13-25(32)19-31/h5-12,15-17,25,32H,13-14,18-20H2,1-4H3/b10-5-/t25-/m1/s1. The van der Waals surface area contributed by atoms with Crippen LogP contribution in [-0.2, 0) is 13.2 Å². The molecule has 0 spiro atoms. The van der Waals surface area contributed by atoms with Gasteiger partial charge in [0.1, 0.15) is 6.61 Å². The van der Waals surface area contributed by atoms with Crippen LogP contribution in [0, 0.1) is 0 Å². The molecule has 1 heterocycles. The maximum Gasteiger partial charge on any atom is 0.203 e. The molecule has 3 aromatic carbocycles. The summed E-state index contributed by atoms with van der Waals surface area (Å²) >= 11 is 0. The van der Waals surface area contributed by atoms with Gasteiger partial charge in [0.15, 0.2) is 23.0 Å². The third-order valence-electron chi connectivity index (χ3n) is 6.41. The number of β-amino-alcohol motifs (C(OH)–C–C–N with tert-alkyl or cyclic N) is 1. The fourth-order valence-electron chi connectivity index (χ4n) is 4.42. The third kappa shape index (κ3) is 6.76. The minimum absolute atomic E-state index is 0.199. The molecule has 0 aromatic heterocycles. The molecule has 7 nitrogen and oxygen atoms in total. The Morgan fingerprint density at radius 1 is 0.757 bits per heavy atom. The van der Waals surface area contributed by atoms with Gasteiger partial charge in [0.05, 0.1) is 34.5 Å². The van der Waals surface area contributed by atoms with Gasteiger partial charge in [-0.25, -0.2) is 0 Å². The number of hydrogen-bond acceptors (Lipinski definition) is 7. The molecule has 0 aliphatic carbocycles. The molecule has 37 heavy (non-hydrogen) atoms. The van der Waals surface area contributed by atoms with Crippen LogP contribution in [0.2, 0.25) is 0 Å². The maximum atomic E-state index is 9.73. The molecule has 3 aromatic rings. The largest absolute Gasteiger partial charge is 0.493 e. The first-order valence-corrected chi connectivity index (χ1v) is 12.3. The minimum atomic E-state index is -0.199. The van der Waals surface area contributed by atoms with Gasteiger partial charge in [0.2, 0.25) is 5.75 Å². The Bertz CT molecular complexity index is 1180. The highest BCUT2D eigenvalue weighted by molar-refractivity contribution is 5.73. The summed E-state index contributed by atoms with van der Waals surface area (Å²) in [6.07, 6.45) is 4.63. The molecule has 1 N–H and O–H groups in total. The minimum Gasteiger partial charge on any atom is -0.493 e. The van der Waals surface area contributed by atoms with E-state index in [0.29, 0.717) is 35.4 Å². The van der Waals surface area contributed by atoms with Gasteiger partial charge in [-0.3, -0.25) is 4.90 Å². The predicted molar refractivity (Wildman–Crippen MR) is 145 cm³/mol. The molecule has 0 radical (unpaired) electrons. The summed E-state index contributed by atoms with van der Waals surface area (Å²) < 4.78 is 28.0. The van der Waals surface area contributed by atoms with Crippen LogP contribution in [0.15, 0.2) is 54.6 Å². The quantitative estimate of drug-likeness (QED) is 0.366. The molecule has 0 bridgehead atoms. The molecule has 0 amide bonds. The van der Waals surface area contributed by atoms with Crippen molar-refractivity contribution >= 4 is 12.2 Å². The van der Waals surface area contributed by atoms with Crippen molar-refractivity contribution in [1.29, 1.82) is 0 Å². The lowest BCUT2D eigenvalue weighted by atomic mass is 10.1. The smallest absolute Gasteiger partial charge is 0.203 e. The van der Waals surface area contributed by atoms with Crippen LogP contribution in [0.3, 0.4) is 0 Å². The Morgan fingerprint density at radius 3 is 1.97 bits per heavy atom. The maximum absolute atomic E-state index is 9.73. The molecule has 1 saturated heterocycles. The Hall–Kier alpha value is -3.68. The van der Waals surface area contributed by atoms with Crippen molar-refractivity contribution in [2.24, 2.45) is 0 Å². The second kappa shape index (κ2) is 12.5. The fourth-order valence-corrected chi connectivity index (χ4v) is 4.42. The Labute approximate surface area is 218 Å². The van der Waals surface area contributed by atoms with Gasteiger partial charge < -0.3 is 28.8 Å². The number of nitrogens with zero attached hydrogens (tertiary/aromatic N) is 1. The van der Waals surface area contributed by atoms with E-state index >= 15 is 0 Å². The summed E-state index contributed by atoms with van der Waals surface area (Å²) in [4.78, 5) is 2.28. The average Bonchev–Trinajstić information content (AvgIpc) is 3.34. The number of aliphatic hydroxyl groups excluding tert-OH is 1. The fraction of sp³-hybridized carbons (Fsp3) is 0.333. The van der Waals surface area contributed by atoms with Crippen molar-refractivity contribution in [3.8, 4) is 28.7 Å². The number of aliphatic hydroxyl groups is 1. The van der Waals surface area contributed by atoms with Crippen LogP contribution in [0.25, 0.3) is 12.2 Å². The van der Waals surface area contributed by atoms with E-state index in [0.717, 1.165) is 42.7 Å². The average molecular weight is 506 g/mol. The molecule has 0 saturated carbocycles. The molecule has 1 fully saturated rings. The van der Waals surface area contributed by atoms with Crippen LogP contribution < -0.4 is 23.7 Å². The van der Waals surface area contributed by atoms with E-state index in [1.165, 1.54) is 5.56 Å². The first-order chi connectivity index (χ1) is 18.0. The highest BCUT2D eigenvalue weighted by atomic mass is 16.5. The molecule has 1 atom stereocenters. The zero-order chi connectivity index (χ0) is 26.2. The molecule has 7 heteroatoms. The van der Waals surface area contributed by atoms with Gasteiger partial charge in [0, 0.05) is 19.6 Å². The first kappa shape index (κ1) is 26.4. The van der Waals surface area contributed by atoms with Crippen molar-refractivity contribution in [3.63, 3.8) is 0 Å². The summed E-state index contributed by atoms with van der Waals surface area (Å²) in [5.74, 6) is 3.11. The SMILES string of the molecule is COc1ccc(/C=C\c2cc(OC)c(OC)c(OC)c2)cc1OCc1ccc(CN2CC[C@@H](O)C2)cc1. The van der Waals surface area contributed by atoms with E-state index in [-0.39, 0.29) is 6.10 Å². The molecule has 1 aliphatic heterocycles. The van der Waals surface area contributed by atoms with E-state index in [1.807, 2.05) is 42.5 Å². The lowest BCUT2D eigenvalue weighted by Crippen LogP contribution is -2.21. The van der Waals surface area contributed by atoms with Crippen LogP contribution in [0.4, 0.5) is 0 Å². The van der Waals surface area contributed by atoms with Gasteiger partial charge in [-0.05, 0) is 52.9 Å². The van der Waals surface area contributed by atoms with Crippen molar-refractivity contribution in [3.05, 3.63) is 76.9 Å². The Kier molecular flexibility index (Phi) is 8.93. The Morgan fingerprint density at radius 2 is 1.38 bits per heavy atom. The van der Waals surface area contributed by atoms with Crippen molar-refractivity contribution in [2.45, 2.75) is 25.7 Å². The summed E-state index contributed by atoms with van der Waals surface area (Å²) in [6.45, 7) is 2.97. The molecule has 0 unspecified atom stereocenters. The molecule has 196 valence electrons. The lowest BCUT2D eigenvalue weighted by molar-refractivity contribution is 0.175. The van der Waals surface area contributed by atoms with Crippen LogP contribution in [0.5, 0.6) is 28.7 Å². The topological polar surface area (TPSA) is 69.6 Å². The van der Waals surface area contributed by atoms with Crippen LogP contribution in [-0.4, -0.2) is 57.6 Å². The van der Waals surface area contributed by atoms with Gasteiger partial charge in [-0.15, -0.1) is 0 Å². The molecule has 1 aliphatic rings. The van der Waals surface area contributed by atoms with Crippen molar-refractivity contribution in [1.82, 2.24) is 4.90 Å². The van der Waals surface area contributed by atoms with E-state index in [2.05, 4.69) is 29.2 Å². The number of methoxy groups -OCH3 is 4. The predicted octanol–water partition coefficient (Wildman–Crippen LogP) is 5.04. The number of ether oxygens (including phenoxy) is 5. The van der Waals surface area contributed by atoms with Crippen molar-refractivity contribution < 1.29 is 28.8 Å². The van der Waals surface area contributed by atoms with E-state index in [9.17, 15) is 5.11 Å². The summed E-state index contributed by atoms with van der Waals surface area (Å²) in [5.41, 5.74) is 4.18. The highest BCUT2D eigenvalue weighted by Gasteiger charge is 2.19. The summed E-state index contributed by atoms with van der Waals surface area (Å²) in [6, 6.07) is 18.0. The van der Waals surface area contributed by atoms with E-state index < -0.39 is 0 Å². The van der Waals surface area contributed by atoms with E-state index in [4.69, 9.17) is 23.7 Å². The monoisotopic (exact) mass is 505 g/mol. The second-order valence-electron chi connectivity index (χ2n) is 8.99. The Balaban J connectivity index is 1.43. The van der Waals surface area contributed by atoms with Gasteiger partial charge in [0.25, 0.3) is 0 Å². The normalized spacial score (nSPS) is 15.6. The molecular formula is C30H35NO6. The van der Waals surface area contributed by atoms with Crippen LogP contribution in [0.1, 0.15) is 28.7 Å². The second-order valence-corrected chi connectivity index (χ2v) is 8.99. The number of hydrogen-bond donors (Lipinski definition) is 1. The summed E-state index contributed by atoms with van der Waals surface area (Å²) in [5, 5.41) is 9.73. The zero-order valence-corrected chi connectivity index (χ0v) is 21.9. The molecule has 4 rings (SSSR count). The number of likely N-dealkylation sites (tertiary alicyclic amines) is 1. The molecular weight excluding hydrogens is 470 g/mol. The first-order valence-electron chi connectivity index (χ1n) is 12.3. The van der Waals surface area contributed by atoms with Gasteiger partial charge in [-0.1, -0.05) is 42.5 Å². The summed E-state index contributed by atoms with van der Waals surface area (Å²) in [7, 11) is 6.43. The van der Waals surface area contributed by atoms with Crippen molar-refractivity contribution in [2.75, 3.05) is 41.5 Å². The van der Waals surface area contributed by atoms with Crippen LogP contribution >= 0.6 is 0 Å². The van der Waals surface area contributed by atoms with Gasteiger partial charge >= 0.3 is 0 Å². The number of rotatable bonds is 11. The van der Waals surface area contributed by atoms with Gasteiger partial charge in [-0.2, -0.15) is 0 Å². The lowest BCUT2D eigenvalue weighted by Gasteiger charge is -2.15.